The summed E-state index contributed by atoms with van der Waals surface area (Å²) in [5.41, 5.74) is 4.44. The maximum Gasteiger partial charge on any atom is 0.203 e. The lowest BCUT2D eigenvalue weighted by Gasteiger charge is -2.16. The number of para-hydroxylation sites is 1. The summed E-state index contributed by atoms with van der Waals surface area (Å²) in [5.74, 6) is 2.63. The van der Waals surface area contributed by atoms with Crippen LogP contribution in [0.2, 0.25) is 0 Å². The van der Waals surface area contributed by atoms with E-state index in [9.17, 15) is 0 Å². The Balaban J connectivity index is 2.54. The zero-order chi connectivity index (χ0) is 19.3. The lowest BCUT2D eigenvalue weighted by Crippen LogP contribution is -1.98. The second-order valence-corrected chi connectivity index (χ2v) is 6.81. The van der Waals surface area contributed by atoms with Gasteiger partial charge in [-0.05, 0) is 35.1 Å². The molecule has 4 nitrogen and oxygen atoms in total. The van der Waals surface area contributed by atoms with Gasteiger partial charge in [-0.3, -0.25) is 4.99 Å². The molecule has 26 heavy (non-hydrogen) atoms. The van der Waals surface area contributed by atoms with Gasteiger partial charge in [-0.1, -0.05) is 45.9 Å². The summed E-state index contributed by atoms with van der Waals surface area (Å²) in [6, 6.07) is 10.2. The molecule has 0 saturated heterocycles. The average molecular weight is 355 g/mol. The van der Waals surface area contributed by atoms with Gasteiger partial charge in [0, 0.05) is 11.8 Å². The van der Waals surface area contributed by atoms with Gasteiger partial charge < -0.3 is 14.2 Å². The smallest absolute Gasteiger partial charge is 0.203 e. The van der Waals surface area contributed by atoms with Crippen LogP contribution in [0.5, 0.6) is 17.2 Å². The van der Waals surface area contributed by atoms with Crippen molar-refractivity contribution in [3.8, 4) is 17.2 Å². The predicted molar refractivity (Wildman–Crippen MR) is 108 cm³/mol. The highest BCUT2D eigenvalue weighted by Crippen LogP contribution is 2.38. The summed E-state index contributed by atoms with van der Waals surface area (Å²) in [5, 5.41) is 0. The van der Waals surface area contributed by atoms with Crippen molar-refractivity contribution in [3.05, 3.63) is 47.0 Å². The minimum absolute atomic E-state index is 0.404. The summed E-state index contributed by atoms with van der Waals surface area (Å²) in [7, 11) is 4.83. The lowest BCUT2D eigenvalue weighted by atomic mass is 9.93. The summed E-state index contributed by atoms with van der Waals surface area (Å²) < 4.78 is 16.2. The van der Waals surface area contributed by atoms with Gasteiger partial charge in [0.05, 0.1) is 27.0 Å². The first-order chi connectivity index (χ1) is 12.4. The molecule has 0 aliphatic rings. The van der Waals surface area contributed by atoms with E-state index in [1.807, 2.05) is 18.3 Å². The molecule has 0 aliphatic heterocycles. The molecule has 140 valence electrons. The number of hydrogen-bond donors (Lipinski definition) is 0. The van der Waals surface area contributed by atoms with Gasteiger partial charge in [0.2, 0.25) is 5.75 Å². The highest BCUT2D eigenvalue weighted by molar-refractivity contribution is 5.85. The average Bonchev–Trinajstić information content (AvgIpc) is 2.64. The van der Waals surface area contributed by atoms with Crippen LogP contribution in [0.1, 0.15) is 56.2 Å². The van der Waals surface area contributed by atoms with E-state index in [-0.39, 0.29) is 0 Å². The van der Waals surface area contributed by atoms with Crippen molar-refractivity contribution in [2.45, 2.75) is 39.5 Å². The molecule has 0 saturated carbocycles. The number of aliphatic imine (C=N–C) groups is 1. The van der Waals surface area contributed by atoms with Crippen LogP contribution in [-0.4, -0.2) is 27.5 Å². The van der Waals surface area contributed by atoms with Gasteiger partial charge in [-0.2, -0.15) is 0 Å². The first kappa shape index (κ1) is 19.8. The normalized spacial score (nSPS) is 11.4. The van der Waals surface area contributed by atoms with Crippen molar-refractivity contribution >= 4 is 11.9 Å². The van der Waals surface area contributed by atoms with Crippen molar-refractivity contribution < 1.29 is 14.2 Å². The number of benzene rings is 2. The molecule has 4 heteroatoms. The molecule has 0 unspecified atom stereocenters. The Labute approximate surface area is 156 Å². The van der Waals surface area contributed by atoms with E-state index in [1.54, 1.807) is 21.3 Å². The Bertz CT molecular complexity index is 728. The molecular formula is C22H29NO3. The Hall–Kier alpha value is -2.49. The zero-order valence-electron chi connectivity index (χ0n) is 16.8. The van der Waals surface area contributed by atoms with E-state index in [2.05, 4.69) is 45.9 Å². The van der Waals surface area contributed by atoms with E-state index in [1.165, 1.54) is 11.1 Å². The van der Waals surface area contributed by atoms with Crippen LogP contribution in [0.3, 0.4) is 0 Å². The van der Waals surface area contributed by atoms with E-state index < -0.39 is 0 Å². The van der Waals surface area contributed by atoms with Crippen molar-refractivity contribution in [1.29, 1.82) is 0 Å². The summed E-state index contributed by atoms with van der Waals surface area (Å²) in [6.45, 7) is 8.77. The van der Waals surface area contributed by atoms with Crippen molar-refractivity contribution in [2.24, 2.45) is 4.99 Å². The Morgan fingerprint density at radius 2 is 1.31 bits per heavy atom. The van der Waals surface area contributed by atoms with Crippen molar-refractivity contribution in [3.63, 3.8) is 0 Å². The molecule has 0 heterocycles. The Kier molecular flexibility index (Phi) is 6.67. The maximum atomic E-state index is 5.43. The number of rotatable bonds is 7. The Morgan fingerprint density at radius 1 is 0.808 bits per heavy atom. The quantitative estimate of drug-likeness (QED) is 0.597. The highest BCUT2D eigenvalue weighted by atomic mass is 16.5. The molecule has 0 spiro atoms. The molecule has 0 fully saturated rings. The van der Waals surface area contributed by atoms with Crippen molar-refractivity contribution in [1.82, 2.24) is 0 Å². The molecule has 0 amide bonds. The monoisotopic (exact) mass is 355 g/mol. The maximum absolute atomic E-state index is 5.43. The standard InChI is InChI=1S/C22H29NO3/c1-14(2)17-9-8-10-18(15(3)4)21(17)23-13-16-11-19(24-5)22(26-7)20(12-16)25-6/h8-15H,1-7H3. The van der Waals surface area contributed by atoms with Crippen LogP contribution in [-0.2, 0) is 0 Å². The van der Waals surface area contributed by atoms with Gasteiger partial charge in [-0.25, -0.2) is 0 Å². The largest absolute Gasteiger partial charge is 0.493 e. The SMILES string of the molecule is COc1cc(C=Nc2c(C(C)C)cccc2C(C)C)cc(OC)c1OC. The second kappa shape index (κ2) is 8.75. The fourth-order valence-electron chi connectivity index (χ4n) is 2.98. The molecular weight excluding hydrogens is 326 g/mol. The zero-order valence-corrected chi connectivity index (χ0v) is 16.8. The summed E-state index contributed by atoms with van der Waals surface area (Å²) in [6.07, 6.45) is 1.86. The van der Waals surface area contributed by atoms with Crippen LogP contribution in [0.4, 0.5) is 5.69 Å². The van der Waals surface area contributed by atoms with Gasteiger partial charge in [0.15, 0.2) is 11.5 Å². The third-order valence-electron chi connectivity index (χ3n) is 4.37. The Morgan fingerprint density at radius 3 is 1.69 bits per heavy atom. The topological polar surface area (TPSA) is 40.0 Å². The van der Waals surface area contributed by atoms with Crippen LogP contribution in [0.15, 0.2) is 35.3 Å². The van der Waals surface area contributed by atoms with Gasteiger partial charge in [0.1, 0.15) is 0 Å². The molecule has 2 aromatic rings. The molecule has 0 atom stereocenters. The molecule has 0 radical (unpaired) electrons. The number of methoxy groups -OCH3 is 3. The second-order valence-electron chi connectivity index (χ2n) is 6.81. The molecule has 0 N–H and O–H groups in total. The van der Waals surface area contributed by atoms with E-state index in [0.29, 0.717) is 29.1 Å². The molecule has 0 aliphatic carbocycles. The third kappa shape index (κ3) is 4.18. The predicted octanol–water partition coefficient (Wildman–Crippen LogP) is 5.71. The van der Waals surface area contributed by atoms with Crippen LogP contribution in [0, 0.1) is 0 Å². The number of nitrogens with zero attached hydrogens (tertiary/aromatic N) is 1. The van der Waals surface area contributed by atoms with E-state index in [0.717, 1.165) is 11.3 Å². The minimum atomic E-state index is 0.404. The van der Waals surface area contributed by atoms with Crippen LogP contribution < -0.4 is 14.2 Å². The first-order valence-corrected chi connectivity index (χ1v) is 8.89. The van der Waals surface area contributed by atoms with Gasteiger partial charge >= 0.3 is 0 Å². The summed E-state index contributed by atoms with van der Waals surface area (Å²) in [4.78, 5) is 4.85. The van der Waals surface area contributed by atoms with Crippen LogP contribution >= 0.6 is 0 Å². The van der Waals surface area contributed by atoms with Crippen molar-refractivity contribution in [2.75, 3.05) is 21.3 Å². The molecule has 2 aromatic carbocycles. The van der Waals surface area contributed by atoms with E-state index in [4.69, 9.17) is 19.2 Å². The minimum Gasteiger partial charge on any atom is -0.493 e. The molecule has 0 bridgehead atoms. The first-order valence-electron chi connectivity index (χ1n) is 8.89. The number of ether oxygens (including phenoxy) is 3. The molecule has 2 rings (SSSR count). The fraction of sp³-hybridized carbons (Fsp3) is 0.409. The van der Waals surface area contributed by atoms with Gasteiger partial charge in [-0.15, -0.1) is 0 Å². The lowest BCUT2D eigenvalue weighted by molar-refractivity contribution is 0.324. The van der Waals surface area contributed by atoms with Gasteiger partial charge in [0.25, 0.3) is 0 Å². The van der Waals surface area contributed by atoms with Crippen LogP contribution in [0.25, 0.3) is 0 Å². The summed E-state index contributed by atoms with van der Waals surface area (Å²) >= 11 is 0. The highest BCUT2D eigenvalue weighted by Gasteiger charge is 2.14. The third-order valence-corrected chi connectivity index (χ3v) is 4.37. The molecule has 0 aromatic heterocycles. The number of hydrogen-bond acceptors (Lipinski definition) is 4. The fourth-order valence-corrected chi connectivity index (χ4v) is 2.98. The van der Waals surface area contributed by atoms with E-state index >= 15 is 0 Å².